The molecular formula is C44H25N3. The number of nitrogens with zero attached hydrogens (tertiary/aromatic N) is 3. The minimum atomic E-state index is 0.888. The third-order valence-corrected chi connectivity index (χ3v) is 10.1. The standard InChI is InChI=1S/C44H25N3/c1-2-11-28(12-3-1)42-43(46-35-19-8-7-18-34(35)45-42)41-30-15-5-4-13-29(30)25-37-40(41)33-24-23-27-22-21-26-14-10-17-32-31-16-6-9-20-36(31)47(37)44(33)39(27)38(26)32/h1-25H. The average Bonchev–Trinajstić information content (AvgIpc) is 3.39. The lowest BCUT2D eigenvalue weighted by Crippen LogP contribution is -1.97. The Morgan fingerprint density at radius 3 is 1.87 bits per heavy atom. The van der Waals surface area contributed by atoms with Gasteiger partial charge in [-0.15, -0.1) is 0 Å². The molecule has 0 aliphatic carbocycles. The van der Waals surface area contributed by atoms with Crippen LogP contribution in [0.1, 0.15) is 0 Å². The van der Waals surface area contributed by atoms with Crippen LogP contribution in [-0.4, -0.2) is 14.4 Å². The van der Waals surface area contributed by atoms with Crippen LogP contribution >= 0.6 is 0 Å². The maximum absolute atomic E-state index is 5.46. The Morgan fingerprint density at radius 1 is 0.383 bits per heavy atom. The summed E-state index contributed by atoms with van der Waals surface area (Å²) in [6.07, 6.45) is 0. The average molecular weight is 596 g/mol. The molecule has 0 N–H and O–H groups in total. The van der Waals surface area contributed by atoms with Crippen molar-refractivity contribution in [1.82, 2.24) is 14.4 Å². The zero-order valence-corrected chi connectivity index (χ0v) is 25.3. The largest absolute Gasteiger partial charge is 0.308 e. The normalized spacial score (nSPS) is 12.3. The van der Waals surface area contributed by atoms with Gasteiger partial charge in [0.25, 0.3) is 0 Å². The smallest absolute Gasteiger partial charge is 0.0986 e. The summed E-state index contributed by atoms with van der Waals surface area (Å²) in [6, 6.07) is 54.6. The van der Waals surface area contributed by atoms with E-state index in [2.05, 4.69) is 144 Å². The van der Waals surface area contributed by atoms with E-state index in [9.17, 15) is 0 Å². The Kier molecular flexibility index (Phi) is 4.84. The maximum atomic E-state index is 5.46. The van der Waals surface area contributed by atoms with Gasteiger partial charge >= 0.3 is 0 Å². The highest BCUT2D eigenvalue weighted by Gasteiger charge is 2.25. The predicted molar refractivity (Wildman–Crippen MR) is 198 cm³/mol. The molecule has 3 nitrogen and oxygen atoms in total. The van der Waals surface area contributed by atoms with Gasteiger partial charge < -0.3 is 4.40 Å². The van der Waals surface area contributed by atoms with Crippen molar-refractivity contribution in [2.75, 3.05) is 0 Å². The molecule has 216 valence electrons. The number of para-hydroxylation sites is 3. The van der Waals surface area contributed by atoms with Crippen molar-refractivity contribution in [2.24, 2.45) is 0 Å². The van der Waals surface area contributed by atoms with E-state index in [4.69, 9.17) is 9.97 Å². The zero-order chi connectivity index (χ0) is 30.6. The summed E-state index contributed by atoms with van der Waals surface area (Å²) >= 11 is 0. The second kappa shape index (κ2) is 9.12. The van der Waals surface area contributed by atoms with E-state index in [1.165, 1.54) is 70.4 Å². The van der Waals surface area contributed by atoms with Crippen LogP contribution in [0.2, 0.25) is 0 Å². The van der Waals surface area contributed by atoms with E-state index >= 15 is 0 Å². The number of fused-ring (bicyclic) bond motifs is 8. The molecule has 0 atom stereocenters. The topological polar surface area (TPSA) is 30.2 Å². The minimum absolute atomic E-state index is 0.888. The minimum Gasteiger partial charge on any atom is -0.308 e. The van der Waals surface area contributed by atoms with Gasteiger partial charge in [-0.2, -0.15) is 0 Å². The van der Waals surface area contributed by atoms with Crippen LogP contribution in [0, 0.1) is 0 Å². The third-order valence-electron chi connectivity index (χ3n) is 10.1. The fourth-order valence-electron chi connectivity index (χ4n) is 8.10. The molecule has 11 rings (SSSR count). The van der Waals surface area contributed by atoms with Crippen molar-refractivity contribution < 1.29 is 0 Å². The molecule has 3 heteroatoms. The quantitative estimate of drug-likeness (QED) is 0.186. The first-order valence-electron chi connectivity index (χ1n) is 16.1. The summed E-state index contributed by atoms with van der Waals surface area (Å²) in [4.78, 5) is 10.8. The first-order chi connectivity index (χ1) is 23.3. The third kappa shape index (κ3) is 3.30. The molecule has 0 saturated carbocycles. The van der Waals surface area contributed by atoms with Crippen molar-refractivity contribution in [3.8, 4) is 22.5 Å². The van der Waals surface area contributed by atoms with Crippen LogP contribution in [0.3, 0.4) is 0 Å². The highest BCUT2D eigenvalue weighted by Crippen LogP contribution is 2.48. The van der Waals surface area contributed by atoms with Crippen molar-refractivity contribution in [2.45, 2.75) is 0 Å². The van der Waals surface area contributed by atoms with Crippen LogP contribution in [0.4, 0.5) is 0 Å². The van der Waals surface area contributed by atoms with Gasteiger partial charge in [0.2, 0.25) is 0 Å². The van der Waals surface area contributed by atoms with Crippen molar-refractivity contribution in [3.63, 3.8) is 0 Å². The van der Waals surface area contributed by atoms with Crippen molar-refractivity contribution in [3.05, 3.63) is 152 Å². The predicted octanol–water partition coefficient (Wildman–Crippen LogP) is 11.6. The van der Waals surface area contributed by atoms with Crippen LogP contribution in [0.25, 0.3) is 104 Å². The lowest BCUT2D eigenvalue weighted by Gasteiger charge is -2.15. The summed E-state index contributed by atoms with van der Waals surface area (Å²) < 4.78 is 2.52. The van der Waals surface area contributed by atoms with Crippen molar-refractivity contribution >= 4 is 81.4 Å². The molecule has 0 aliphatic rings. The van der Waals surface area contributed by atoms with Gasteiger partial charge in [-0.25, -0.2) is 9.97 Å². The molecule has 0 spiro atoms. The van der Waals surface area contributed by atoms with E-state index in [1.807, 2.05) is 12.1 Å². The Hall–Kier alpha value is -6.32. The van der Waals surface area contributed by atoms with E-state index < -0.39 is 0 Å². The van der Waals surface area contributed by atoms with E-state index in [-0.39, 0.29) is 0 Å². The highest BCUT2D eigenvalue weighted by molar-refractivity contribution is 6.34. The van der Waals surface area contributed by atoms with Crippen LogP contribution < -0.4 is 0 Å². The lowest BCUT2D eigenvalue weighted by atomic mass is 9.92. The fraction of sp³-hybridized carbons (Fsp3) is 0. The molecule has 0 amide bonds. The number of hydrogen-bond donors (Lipinski definition) is 0. The summed E-state index contributed by atoms with van der Waals surface area (Å²) in [7, 11) is 0. The Labute approximate surface area is 269 Å². The second-order valence-corrected chi connectivity index (χ2v) is 12.5. The second-order valence-electron chi connectivity index (χ2n) is 12.5. The van der Waals surface area contributed by atoms with Gasteiger partial charge in [0.05, 0.1) is 39.0 Å². The molecule has 0 radical (unpaired) electrons. The van der Waals surface area contributed by atoms with Gasteiger partial charge in [0.1, 0.15) is 0 Å². The first-order valence-corrected chi connectivity index (χ1v) is 16.1. The fourth-order valence-corrected chi connectivity index (χ4v) is 8.10. The molecule has 3 aromatic heterocycles. The van der Waals surface area contributed by atoms with Gasteiger partial charge in [0, 0.05) is 32.7 Å². The number of rotatable bonds is 2. The number of hydrogen-bond acceptors (Lipinski definition) is 2. The summed E-state index contributed by atoms with van der Waals surface area (Å²) in [5, 5.41) is 12.4. The van der Waals surface area contributed by atoms with Gasteiger partial charge in [0.15, 0.2) is 0 Å². The molecule has 47 heavy (non-hydrogen) atoms. The monoisotopic (exact) mass is 595 g/mol. The molecule has 8 aromatic carbocycles. The Bertz CT molecular complexity index is 3060. The molecule has 0 bridgehead atoms. The molecule has 0 saturated heterocycles. The molecule has 11 aromatic rings. The van der Waals surface area contributed by atoms with E-state index in [0.29, 0.717) is 0 Å². The van der Waals surface area contributed by atoms with Crippen molar-refractivity contribution in [1.29, 1.82) is 0 Å². The zero-order valence-electron chi connectivity index (χ0n) is 25.3. The van der Waals surface area contributed by atoms with E-state index in [0.717, 1.165) is 33.5 Å². The van der Waals surface area contributed by atoms with Gasteiger partial charge in [-0.1, -0.05) is 127 Å². The lowest BCUT2D eigenvalue weighted by molar-refractivity contribution is 1.30. The van der Waals surface area contributed by atoms with Crippen LogP contribution in [0.15, 0.2) is 152 Å². The Balaban J connectivity index is 1.47. The molecule has 0 unspecified atom stereocenters. The highest BCUT2D eigenvalue weighted by atomic mass is 14.9. The SMILES string of the molecule is c1ccc(-c2nc3ccccc3nc2-c2c3ccccc3cc3c2c2ccc4ccc5cccc6c7ccccc7n3c2c4c56)cc1. The summed E-state index contributed by atoms with van der Waals surface area (Å²) in [5.74, 6) is 0. The molecule has 0 fully saturated rings. The van der Waals surface area contributed by atoms with Gasteiger partial charge in [-0.3, -0.25) is 0 Å². The molecular weight excluding hydrogens is 571 g/mol. The Morgan fingerprint density at radius 2 is 1.02 bits per heavy atom. The summed E-state index contributed by atoms with van der Waals surface area (Å²) in [5.41, 5.74) is 9.36. The molecule has 3 heterocycles. The van der Waals surface area contributed by atoms with Crippen LogP contribution in [0.5, 0.6) is 0 Å². The summed E-state index contributed by atoms with van der Waals surface area (Å²) in [6.45, 7) is 0. The number of benzene rings is 8. The van der Waals surface area contributed by atoms with E-state index in [1.54, 1.807) is 0 Å². The molecule has 0 aliphatic heterocycles. The number of aromatic nitrogens is 3. The van der Waals surface area contributed by atoms with Crippen LogP contribution in [-0.2, 0) is 0 Å². The first kappa shape index (κ1) is 24.9. The van der Waals surface area contributed by atoms with Gasteiger partial charge in [-0.05, 0) is 56.6 Å². The maximum Gasteiger partial charge on any atom is 0.0986 e.